The monoisotopic (exact) mass is 271 g/mol. The first-order valence-corrected chi connectivity index (χ1v) is 7.15. The molecule has 0 heterocycles. The van der Waals surface area contributed by atoms with Crippen LogP contribution < -0.4 is 5.32 Å². The maximum absolute atomic E-state index is 13.4. The highest BCUT2D eigenvalue weighted by Crippen LogP contribution is 2.21. The van der Waals surface area contributed by atoms with Gasteiger partial charge in [-0.1, -0.05) is 37.3 Å². The first-order valence-electron chi connectivity index (χ1n) is 7.15. The summed E-state index contributed by atoms with van der Waals surface area (Å²) in [7, 11) is 1.95. The first-order chi connectivity index (χ1) is 9.63. The Morgan fingerprint density at radius 1 is 1.10 bits per heavy atom. The Morgan fingerprint density at radius 3 is 2.40 bits per heavy atom. The minimum Gasteiger partial charge on any atom is -0.313 e. The third-order valence-corrected chi connectivity index (χ3v) is 3.87. The number of hydrogen-bond acceptors (Lipinski definition) is 1. The topological polar surface area (TPSA) is 12.0 Å². The van der Waals surface area contributed by atoms with E-state index in [0.717, 1.165) is 24.0 Å². The van der Waals surface area contributed by atoms with Crippen LogP contribution in [0, 0.1) is 12.7 Å². The number of rotatable bonds is 5. The SMILES string of the molecule is CCc1ccc(C(Cc2cc(F)ccc2C)NC)cc1. The van der Waals surface area contributed by atoms with Crippen molar-refractivity contribution in [1.29, 1.82) is 0 Å². The lowest BCUT2D eigenvalue weighted by Crippen LogP contribution is -2.19. The van der Waals surface area contributed by atoms with Crippen LogP contribution in [0.4, 0.5) is 4.39 Å². The Morgan fingerprint density at radius 2 is 1.80 bits per heavy atom. The number of aryl methyl sites for hydroxylation is 2. The molecule has 0 amide bonds. The van der Waals surface area contributed by atoms with Crippen LogP contribution in [-0.2, 0) is 12.8 Å². The first kappa shape index (κ1) is 14.7. The highest BCUT2D eigenvalue weighted by Gasteiger charge is 2.12. The van der Waals surface area contributed by atoms with Crippen LogP contribution in [0.2, 0.25) is 0 Å². The molecule has 2 aromatic rings. The average Bonchev–Trinajstić information content (AvgIpc) is 2.48. The van der Waals surface area contributed by atoms with Crippen LogP contribution in [0.25, 0.3) is 0 Å². The van der Waals surface area contributed by atoms with E-state index in [0.29, 0.717) is 0 Å². The molecule has 2 aromatic carbocycles. The summed E-state index contributed by atoms with van der Waals surface area (Å²) >= 11 is 0. The summed E-state index contributed by atoms with van der Waals surface area (Å²) in [6, 6.07) is 13.9. The van der Waals surface area contributed by atoms with Gasteiger partial charge in [0.05, 0.1) is 0 Å². The van der Waals surface area contributed by atoms with Crippen molar-refractivity contribution in [2.75, 3.05) is 7.05 Å². The summed E-state index contributed by atoms with van der Waals surface area (Å²) in [4.78, 5) is 0. The van der Waals surface area contributed by atoms with Crippen LogP contribution in [-0.4, -0.2) is 7.05 Å². The average molecular weight is 271 g/mol. The molecule has 0 spiro atoms. The van der Waals surface area contributed by atoms with Crippen LogP contribution in [0.3, 0.4) is 0 Å². The van der Waals surface area contributed by atoms with E-state index in [-0.39, 0.29) is 11.9 Å². The van der Waals surface area contributed by atoms with Gasteiger partial charge in [0.25, 0.3) is 0 Å². The fourth-order valence-electron chi connectivity index (χ4n) is 2.45. The van der Waals surface area contributed by atoms with Gasteiger partial charge in [-0.3, -0.25) is 0 Å². The zero-order valence-electron chi connectivity index (χ0n) is 12.4. The molecule has 0 fully saturated rings. The van der Waals surface area contributed by atoms with Crippen molar-refractivity contribution >= 4 is 0 Å². The van der Waals surface area contributed by atoms with Gasteiger partial charge in [0.1, 0.15) is 5.82 Å². The molecule has 0 radical (unpaired) electrons. The van der Waals surface area contributed by atoms with Crippen LogP contribution in [0.5, 0.6) is 0 Å². The summed E-state index contributed by atoms with van der Waals surface area (Å²) in [5.41, 5.74) is 4.78. The molecule has 0 saturated carbocycles. The standard InChI is InChI=1S/C18H22FN/c1-4-14-6-8-15(9-7-14)18(20-3)12-16-11-17(19)10-5-13(16)2/h5-11,18,20H,4,12H2,1-3H3. The van der Waals surface area contributed by atoms with E-state index in [4.69, 9.17) is 0 Å². The fraction of sp³-hybridized carbons (Fsp3) is 0.333. The number of hydrogen-bond donors (Lipinski definition) is 1. The van der Waals surface area contributed by atoms with Crippen molar-refractivity contribution in [2.24, 2.45) is 0 Å². The largest absolute Gasteiger partial charge is 0.313 e. The Bertz CT molecular complexity index is 560. The highest BCUT2D eigenvalue weighted by atomic mass is 19.1. The second kappa shape index (κ2) is 6.67. The summed E-state index contributed by atoms with van der Waals surface area (Å²) in [5, 5.41) is 3.33. The van der Waals surface area contributed by atoms with E-state index >= 15 is 0 Å². The molecule has 1 nitrogen and oxygen atoms in total. The molecule has 0 aliphatic heterocycles. The molecule has 0 saturated heterocycles. The number of likely N-dealkylation sites (N-methyl/N-ethyl adjacent to an activating group) is 1. The van der Waals surface area contributed by atoms with Gasteiger partial charge in [-0.15, -0.1) is 0 Å². The zero-order chi connectivity index (χ0) is 14.5. The number of halogens is 1. The van der Waals surface area contributed by atoms with Gasteiger partial charge >= 0.3 is 0 Å². The molecule has 1 unspecified atom stereocenters. The van der Waals surface area contributed by atoms with Gasteiger partial charge in [0, 0.05) is 6.04 Å². The summed E-state index contributed by atoms with van der Waals surface area (Å²) in [6.45, 7) is 4.18. The molecular weight excluding hydrogens is 249 g/mol. The Kier molecular flexibility index (Phi) is 4.91. The number of benzene rings is 2. The summed E-state index contributed by atoms with van der Waals surface area (Å²) < 4.78 is 13.4. The minimum atomic E-state index is -0.165. The molecule has 0 bridgehead atoms. The molecule has 1 N–H and O–H groups in total. The third-order valence-electron chi connectivity index (χ3n) is 3.87. The van der Waals surface area contributed by atoms with E-state index in [1.54, 1.807) is 6.07 Å². The maximum atomic E-state index is 13.4. The van der Waals surface area contributed by atoms with Gasteiger partial charge in [-0.25, -0.2) is 4.39 Å². The number of nitrogens with one attached hydrogen (secondary N) is 1. The lowest BCUT2D eigenvalue weighted by molar-refractivity contribution is 0.582. The van der Waals surface area contributed by atoms with E-state index in [2.05, 4.69) is 36.5 Å². The molecule has 2 rings (SSSR count). The summed E-state index contributed by atoms with van der Waals surface area (Å²) in [5.74, 6) is -0.165. The van der Waals surface area contributed by atoms with Crippen molar-refractivity contribution in [3.05, 3.63) is 70.5 Å². The maximum Gasteiger partial charge on any atom is 0.123 e. The molecule has 106 valence electrons. The van der Waals surface area contributed by atoms with Crippen LogP contribution in [0.15, 0.2) is 42.5 Å². The van der Waals surface area contributed by atoms with Gasteiger partial charge in [-0.05, 0) is 61.2 Å². The molecule has 2 heteroatoms. The van der Waals surface area contributed by atoms with E-state index in [1.807, 2.05) is 20.0 Å². The molecular formula is C18H22FN. The molecule has 1 atom stereocenters. The van der Waals surface area contributed by atoms with Crippen molar-refractivity contribution in [1.82, 2.24) is 5.32 Å². The molecule has 0 aliphatic rings. The Balaban J connectivity index is 2.21. The minimum absolute atomic E-state index is 0.165. The normalized spacial score (nSPS) is 12.4. The van der Waals surface area contributed by atoms with Crippen molar-refractivity contribution in [3.63, 3.8) is 0 Å². The highest BCUT2D eigenvalue weighted by molar-refractivity contribution is 5.31. The van der Waals surface area contributed by atoms with Gasteiger partial charge in [-0.2, -0.15) is 0 Å². The predicted molar refractivity (Wildman–Crippen MR) is 82.5 cm³/mol. The lowest BCUT2D eigenvalue weighted by atomic mass is 9.95. The Hall–Kier alpha value is -1.67. The van der Waals surface area contributed by atoms with E-state index in [9.17, 15) is 4.39 Å². The second-order valence-corrected chi connectivity index (χ2v) is 5.21. The predicted octanol–water partition coefficient (Wildman–Crippen LogP) is 4.20. The van der Waals surface area contributed by atoms with Crippen molar-refractivity contribution in [3.8, 4) is 0 Å². The Labute approximate surface area is 120 Å². The zero-order valence-corrected chi connectivity index (χ0v) is 12.4. The van der Waals surface area contributed by atoms with E-state index in [1.165, 1.54) is 17.2 Å². The lowest BCUT2D eigenvalue weighted by Gasteiger charge is -2.18. The van der Waals surface area contributed by atoms with Gasteiger partial charge < -0.3 is 5.32 Å². The van der Waals surface area contributed by atoms with Crippen molar-refractivity contribution < 1.29 is 4.39 Å². The summed E-state index contributed by atoms with van der Waals surface area (Å²) in [6.07, 6.45) is 1.85. The van der Waals surface area contributed by atoms with E-state index < -0.39 is 0 Å². The molecule has 0 aliphatic carbocycles. The van der Waals surface area contributed by atoms with Crippen LogP contribution in [0.1, 0.15) is 35.2 Å². The fourth-order valence-corrected chi connectivity index (χ4v) is 2.45. The van der Waals surface area contributed by atoms with Crippen LogP contribution >= 0.6 is 0 Å². The van der Waals surface area contributed by atoms with Gasteiger partial charge in [0.2, 0.25) is 0 Å². The van der Waals surface area contributed by atoms with Gasteiger partial charge in [0.15, 0.2) is 0 Å². The smallest absolute Gasteiger partial charge is 0.123 e. The third kappa shape index (κ3) is 3.45. The molecule has 0 aromatic heterocycles. The second-order valence-electron chi connectivity index (χ2n) is 5.21. The quantitative estimate of drug-likeness (QED) is 0.859. The van der Waals surface area contributed by atoms with Crippen molar-refractivity contribution in [2.45, 2.75) is 32.7 Å². The molecule has 20 heavy (non-hydrogen) atoms.